The Balaban J connectivity index is 1.61. The van der Waals surface area contributed by atoms with Crippen molar-refractivity contribution in [2.45, 2.75) is 59.5 Å². The van der Waals surface area contributed by atoms with Crippen LogP contribution in [0.2, 0.25) is 0 Å². The van der Waals surface area contributed by atoms with E-state index in [1.165, 1.54) is 4.52 Å². The first-order valence-electron chi connectivity index (χ1n) is 13.2. The summed E-state index contributed by atoms with van der Waals surface area (Å²) in [5, 5.41) is 3.20. The third-order valence-electron chi connectivity index (χ3n) is 7.94. The number of H-pyrrole nitrogens is 1. The van der Waals surface area contributed by atoms with Crippen molar-refractivity contribution in [3.05, 3.63) is 52.5 Å². The summed E-state index contributed by atoms with van der Waals surface area (Å²) in [7, 11) is 0. The Hall–Kier alpha value is -3.44. The molecule has 1 aliphatic carbocycles. The molecule has 8 nitrogen and oxygen atoms in total. The maximum absolute atomic E-state index is 13.7. The van der Waals surface area contributed by atoms with Crippen molar-refractivity contribution in [2.24, 2.45) is 23.7 Å². The van der Waals surface area contributed by atoms with E-state index in [0.29, 0.717) is 37.8 Å². The molecule has 3 aromatic rings. The largest absolute Gasteiger partial charge is 0.459 e. The second-order valence-corrected chi connectivity index (χ2v) is 10.9. The van der Waals surface area contributed by atoms with Crippen molar-refractivity contribution in [1.29, 1.82) is 0 Å². The zero-order chi connectivity index (χ0) is 26.3. The molecular formula is C29H34N4O4. The summed E-state index contributed by atoms with van der Waals surface area (Å²) in [6, 6.07) is 7.84. The SMILES string of the molecule is [C-]#[N+]c1c(C(=O)OC2C(C)CC(C)CC2C)c2nc(-c3ccc(C)cc3)[nH]n2c1C(=O)C1CCOCC1. The lowest BCUT2D eigenvalue weighted by Gasteiger charge is -2.37. The van der Waals surface area contributed by atoms with Crippen molar-refractivity contribution in [3.63, 3.8) is 0 Å². The first-order chi connectivity index (χ1) is 17.8. The number of nitrogens with zero attached hydrogens (tertiary/aromatic N) is 3. The number of carbonyl (C=O) groups is 2. The highest BCUT2D eigenvalue weighted by Crippen LogP contribution is 2.39. The van der Waals surface area contributed by atoms with Crippen LogP contribution >= 0.6 is 0 Å². The van der Waals surface area contributed by atoms with Gasteiger partial charge >= 0.3 is 5.97 Å². The zero-order valence-corrected chi connectivity index (χ0v) is 21.9. The summed E-state index contributed by atoms with van der Waals surface area (Å²) in [5.41, 5.74) is 2.45. The molecule has 0 amide bonds. The highest BCUT2D eigenvalue weighted by atomic mass is 16.5. The molecule has 2 aliphatic rings. The third kappa shape index (κ3) is 4.69. The second kappa shape index (κ2) is 10.1. The zero-order valence-electron chi connectivity index (χ0n) is 21.9. The number of aryl methyl sites for hydroxylation is 1. The minimum Gasteiger partial charge on any atom is -0.459 e. The molecule has 5 rings (SSSR count). The predicted molar refractivity (Wildman–Crippen MR) is 140 cm³/mol. The van der Waals surface area contributed by atoms with Crippen LogP contribution in [-0.2, 0) is 9.47 Å². The highest BCUT2D eigenvalue weighted by molar-refractivity contribution is 6.12. The molecule has 2 fully saturated rings. The lowest BCUT2D eigenvalue weighted by Crippen LogP contribution is -2.37. The van der Waals surface area contributed by atoms with Gasteiger partial charge < -0.3 is 9.47 Å². The minimum atomic E-state index is -0.588. The number of hydrogen-bond acceptors (Lipinski definition) is 5. The number of hydrogen-bond donors (Lipinski definition) is 1. The maximum Gasteiger partial charge on any atom is 0.331 e. The molecule has 2 aromatic heterocycles. The Morgan fingerprint density at radius 3 is 2.38 bits per heavy atom. The molecule has 0 radical (unpaired) electrons. The number of carbonyl (C=O) groups excluding carboxylic acids is 2. The fraction of sp³-hybridized carbons (Fsp3) is 0.517. The van der Waals surface area contributed by atoms with Gasteiger partial charge in [0.05, 0.1) is 6.57 Å². The van der Waals surface area contributed by atoms with Gasteiger partial charge in [0.1, 0.15) is 17.4 Å². The number of esters is 1. The quantitative estimate of drug-likeness (QED) is 0.262. The van der Waals surface area contributed by atoms with Crippen LogP contribution in [0.3, 0.4) is 0 Å². The Labute approximate surface area is 217 Å². The number of fused-ring (bicyclic) bond motifs is 1. The fourth-order valence-corrected chi connectivity index (χ4v) is 6.13. The summed E-state index contributed by atoms with van der Waals surface area (Å²) >= 11 is 0. The summed E-state index contributed by atoms with van der Waals surface area (Å²) in [4.78, 5) is 35.9. The van der Waals surface area contributed by atoms with Crippen LogP contribution in [0.15, 0.2) is 24.3 Å². The molecule has 3 heterocycles. The van der Waals surface area contributed by atoms with E-state index in [0.717, 1.165) is 24.0 Å². The molecule has 1 aromatic carbocycles. The van der Waals surface area contributed by atoms with Crippen molar-refractivity contribution in [2.75, 3.05) is 13.2 Å². The Morgan fingerprint density at radius 1 is 1.11 bits per heavy atom. The van der Waals surface area contributed by atoms with Crippen LogP contribution in [0, 0.1) is 37.2 Å². The maximum atomic E-state index is 13.7. The summed E-state index contributed by atoms with van der Waals surface area (Å²) in [6.45, 7) is 17.4. The van der Waals surface area contributed by atoms with E-state index >= 15 is 0 Å². The van der Waals surface area contributed by atoms with Crippen LogP contribution in [-0.4, -0.2) is 45.7 Å². The van der Waals surface area contributed by atoms with Gasteiger partial charge in [-0.25, -0.2) is 19.1 Å². The monoisotopic (exact) mass is 502 g/mol. The van der Waals surface area contributed by atoms with Crippen LogP contribution in [0.1, 0.15) is 72.9 Å². The number of Topliss-reactive ketones (excluding diaryl/α,β-unsaturated/α-hetero) is 1. The number of benzene rings is 1. The normalized spacial score (nSPS) is 24.6. The van der Waals surface area contributed by atoms with E-state index in [2.05, 4.69) is 30.7 Å². The van der Waals surface area contributed by atoms with Crippen LogP contribution in [0.5, 0.6) is 0 Å². The molecule has 1 saturated heterocycles. The van der Waals surface area contributed by atoms with Gasteiger partial charge in [0.15, 0.2) is 17.3 Å². The van der Waals surface area contributed by atoms with Crippen LogP contribution in [0.25, 0.3) is 21.9 Å². The average molecular weight is 503 g/mol. The van der Waals surface area contributed by atoms with Gasteiger partial charge in [-0.2, -0.15) is 0 Å². The van der Waals surface area contributed by atoms with Gasteiger partial charge in [0.25, 0.3) is 0 Å². The van der Waals surface area contributed by atoms with E-state index in [1.807, 2.05) is 31.2 Å². The fourth-order valence-electron chi connectivity index (χ4n) is 6.13. The van der Waals surface area contributed by atoms with E-state index < -0.39 is 5.97 Å². The number of aromatic nitrogens is 3. The molecule has 1 saturated carbocycles. The molecule has 37 heavy (non-hydrogen) atoms. The molecule has 0 bridgehead atoms. The van der Waals surface area contributed by atoms with Gasteiger partial charge in [-0.05, 0) is 50.4 Å². The molecular weight excluding hydrogens is 468 g/mol. The Kier molecular flexibility index (Phi) is 6.91. The Morgan fingerprint density at radius 2 is 1.76 bits per heavy atom. The number of aromatic amines is 1. The summed E-state index contributed by atoms with van der Waals surface area (Å²) < 4.78 is 13.1. The van der Waals surface area contributed by atoms with Gasteiger partial charge in [-0.3, -0.25) is 9.89 Å². The molecule has 2 atom stereocenters. The lowest BCUT2D eigenvalue weighted by atomic mass is 9.75. The summed E-state index contributed by atoms with van der Waals surface area (Å²) in [5.74, 6) is 0.486. The Bertz CT molecular complexity index is 1350. The van der Waals surface area contributed by atoms with Gasteiger partial charge in [0.2, 0.25) is 5.69 Å². The summed E-state index contributed by atoms with van der Waals surface area (Å²) in [6.07, 6.45) is 2.88. The molecule has 0 spiro atoms. The number of nitrogens with one attached hydrogen (secondary N) is 1. The number of rotatable bonds is 5. The minimum absolute atomic E-state index is 0.0141. The van der Waals surface area contributed by atoms with E-state index in [4.69, 9.17) is 21.0 Å². The van der Waals surface area contributed by atoms with Gasteiger partial charge in [0, 0.05) is 24.7 Å². The molecule has 8 heteroatoms. The lowest BCUT2D eigenvalue weighted by molar-refractivity contribution is -0.0249. The topological polar surface area (TPSA) is 90.0 Å². The molecule has 194 valence electrons. The van der Waals surface area contributed by atoms with Gasteiger partial charge in [-0.15, -0.1) is 0 Å². The molecule has 2 unspecified atom stereocenters. The number of ether oxygens (including phenoxy) is 2. The van der Waals surface area contributed by atoms with Crippen LogP contribution in [0.4, 0.5) is 5.69 Å². The first kappa shape index (κ1) is 25.2. The van der Waals surface area contributed by atoms with E-state index in [-0.39, 0.29) is 52.2 Å². The van der Waals surface area contributed by atoms with Crippen molar-refractivity contribution in [3.8, 4) is 11.4 Å². The predicted octanol–water partition coefficient (Wildman–Crippen LogP) is 6.03. The smallest absolute Gasteiger partial charge is 0.331 e. The van der Waals surface area contributed by atoms with Crippen molar-refractivity contribution in [1.82, 2.24) is 14.6 Å². The van der Waals surface area contributed by atoms with Crippen molar-refractivity contribution < 1.29 is 19.1 Å². The van der Waals surface area contributed by atoms with Gasteiger partial charge in [-0.1, -0.05) is 50.6 Å². The molecule has 1 N–H and O–H groups in total. The van der Waals surface area contributed by atoms with E-state index in [9.17, 15) is 9.59 Å². The highest BCUT2D eigenvalue weighted by Gasteiger charge is 2.38. The molecule has 1 aliphatic heterocycles. The van der Waals surface area contributed by atoms with E-state index in [1.54, 1.807) is 0 Å². The average Bonchev–Trinajstić information content (AvgIpc) is 3.43. The van der Waals surface area contributed by atoms with Crippen LogP contribution < -0.4 is 0 Å². The number of ketones is 1. The standard InChI is InChI=1S/C29H34N4O4/c1-16-6-8-21(9-7-16)27-31-28-22(29(35)37-26-18(3)14-17(2)15-19(26)4)23(30-5)24(33(28)32-27)25(34)20-10-12-36-13-11-20/h6-9,17-20,26H,10-15H2,1-4H3,(H,31,32). The third-order valence-corrected chi connectivity index (χ3v) is 7.94. The second-order valence-electron chi connectivity index (χ2n) is 10.9. The van der Waals surface area contributed by atoms with Crippen molar-refractivity contribution >= 4 is 23.1 Å². The first-order valence-corrected chi connectivity index (χ1v) is 13.2.